The van der Waals surface area contributed by atoms with Gasteiger partial charge in [0.25, 0.3) is 0 Å². The normalized spacial score (nSPS) is 16.2. The summed E-state index contributed by atoms with van der Waals surface area (Å²) in [5, 5.41) is 4.05. The Morgan fingerprint density at radius 2 is 2.10 bits per heavy atom. The number of rotatable bonds is 7. The van der Waals surface area contributed by atoms with Gasteiger partial charge in [0.15, 0.2) is 0 Å². The van der Waals surface area contributed by atoms with Gasteiger partial charge >= 0.3 is 0 Å². The summed E-state index contributed by atoms with van der Waals surface area (Å²) in [6, 6.07) is 12.7. The molecule has 0 aliphatic carbocycles. The predicted molar refractivity (Wildman–Crippen MR) is 128 cm³/mol. The highest BCUT2D eigenvalue weighted by Crippen LogP contribution is 2.36. The average molecular weight is 445 g/mol. The fraction of sp³-hybridized carbons (Fsp3) is 0.333. The number of aromatic nitrogens is 1. The van der Waals surface area contributed by atoms with Crippen molar-refractivity contribution in [3.8, 4) is 0 Å². The maximum Gasteiger partial charge on any atom is 0.238 e. The molecule has 1 unspecified atom stereocenters. The highest BCUT2D eigenvalue weighted by atomic mass is 32.2. The van der Waals surface area contributed by atoms with Crippen LogP contribution in [-0.2, 0) is 4.79 Å². The molecule has 1 aliphatic heterocycles. The summed E-state index contributed by atoms with van der Waals surface area (Å²) in [5.41, 5.74) is 3.21. The van der Waals surface area contributed by atoms with E-state index >= 15 is 0 Å². The van der Waals surface area contributed by atoms with Crippen LogP contribution in [-0.4, -0.2) is 52.8 Å². The number of aromatic amines is 1. The monoisotopic (exact) mass is 444 g/mol. The number of nitrogens with one attached hydrogen (secondary N) is 1. The van der Waals surface area contributed by atoms with Gasteiger partial charge in [-0.25, -0.2) is 0 Å². The maximum absolute atomic E-state index is 12.7. The number of amides is 1. The first-order valence-electron chi connectivity index (χ1n) is 9.68. The minimum absolute atomic E-state index is 0.118. The molecule has 0 radical (unpaired) electrons. The number of benzene rings is 1. The number of hydrogen-bond donors (Lipinski definition) is 1. The van der Waals surface area contributed by atoms with Gasteiger partial charge in [-0.15, -0.1) is 11.3 Å². The minimum Gasteiger partial charge on any atom is -0.351 e. The van der Waals surface area contributed by atoms with E-state index in [0.29, 0.717) is 6.54 Å². The topological polar surface area (TPSA) is 51.7 Å². The lowest BCUT2D eigenvalue weighted by Crippen LogP contribution is -2.38. The SMILES string of the molecule is CCN(CC)C(=O)C1CN=C(c2cc3cccc(N(C)Sc4cccs4)c3[nH]2)S1. The second-order valence-corrected chi connectivity index (χ2v) is 10.3. The van der Waals surface area contributed by atoms with Crippen molar-refractivity contribution in [1.29, 1.82) is 0 Å². The van der Waals surface area contributed by atoms with Gasteiger partial charge in [-0.2, -0.15) is 0 Å². The molecular weight excluding hydrogens is 420 g/mol. The Balaban J connectivity index is 1.55. The lowest BCUT2D eigenvalue weighted by molar-refractivity contribution is -0.129. The van der Waals surface area contributed by atoms with Crippen molar-refractivity contribution in [3.63, 3.8) is 0 Å². The van der Waals surface area contributed by atoms with E-state index in [0.717, 1.165) is 40.4 Å². The number of para-hydroxylation sites is 1. The van der Waals surface area contributed by atoms with E-state index in [1.807, 2.05) is 18.7 Å². The Morgan fingerprint density at radius 1 is 1.28 bits per heavy atom. The highest BCUT2D eigenvalue weighted by Gasteiger charge is 2.30. The molecule has 1 aromatic carbocycles. The van der Waals surface area contributed by atoms with E-state index < -0.39 is 0 Å². The van der Waals surface area contributed by atoms with Crippen LogP contribution >= 0.6 is 35.0 Å². The number of nitrogens with zero attached hydrogens (tertiary/aromatic N) is 3. The lowest BCUT2D eigenvalue weighted by Gasteiger charge is -2.21. The van der Waals surface area contributed by atoms with Crippen LogP contribution in [0.4, 0.5) is 5.69 Å². The van der Waals surface area contributed by atoms with Crippen LogP contribution in [0.2, 0.25) is 0 Å². The third-order valence-corrected chi connectivity index (χ3v) is 8.10. The Bertz CT molecular complexity index is 1020. The summed E-state index contributed by atoms with van der Waals surface area (Å²) in [4.78, 5) is 22.8. The number of thiophene rings is 1. The van der Waals surface area contributed by atoms with Gasteiger partial charge in [0.1, 0.15) is 10.3 Å². The zero-order valence-electron chi connectivity index (χ0n) is 16.7. The molecule has 29 heavy (non-hydrogen) atoms. The van der Waals surface area contributed by atoms with E-state index in [9.17, 15) is 4.79 Å². The quantitative estimate of drug-likeness (QED) is 0.515. The van der Waals surface area contributed by atoms with Crippen LogP contribution in [0.3, 0.4) is 0 Å². The second kappa shape index (κ2) is 8.85. The third kappa shape index (κ3) is 4.20. The molecule has 152 valence electrons. The van der Waals surface area contributed by atoms with Crippen molar-refractivity contribution >= 4 is 62.6 Å². The molecule has 0 saturated heterocycles. The van der Waals surface area contributed by atoms with Crippen molar-refractivity contribution in [1.82, 2.24) is 9.88 Å². The highest BCUT2D eigenvalue weighted by molar-refractivity contribution is 8.15. The van der Waals surface area contributed by atoms with Crippen LogP contribution in [0, 0.1) is 0 Å². The summed E-state index contributed by atoms with van der Waals surface area (Å²) in [7, 11) is 2.08. The molecule has 3 heterocycles. The van der Waals surface area contributed by atoms with Crippen molar-refractivity contribution in [3.05, 3.63) is 47.5 Å². The minimum atomic E-state index is -0.118. The first-order valence-corrected chi connectivity index (χ1v) is 12.2. The van der Waals surface area contributed by atoms with Gasteiger partial charge < -0.3 is 14.2 Å². The second-order valence-electron chi connectivity index (χ2n) is 6.71. The van der Waals surface area contributed by atoms with Crippen LogP contribution in [0.1, 0.15) is 19.5 Å². The summed E-state index contributed by atoms with van der Waals surface area (Å²) < 4.78 is 3.44. The Labute approximate surface area is 183 Å². The lowest BCUT2D eigenvalue weighted by atomic mass is 10.2. The molecule has 3 aromatic rings. The van der Waals surface area contributed by atoms with Gasteiger partial charge in [0.05, 0.1) is 27.7 Å². The van der Waals surface area contributed by atoms with Gasteiger partial charge in [0, 0.05) is 25.5 Å². The number of thioether (sulfide) groups is 1. The molecule has 8 heteroatoms. The smallest absolute Gasteiger partial charge is 0.238 e. The molecule has 1 atom stereocenters. The van der Waals surface area contributed by atoms with E-state index in [4.69, 9.17) is 0 Å². The average Bonchev–Trinajstić information content (AvgIpc) is 3.47. The Kier molecular flexibility index (Phi) is 6.22. The van der Waals surface area contributed by atoms with Crippen molar-refractivity contribution < 1.29 is 4.79 Å². The molecular formula is C21H24N4OS3. The molecule has 5 nitrogen and oxygen atoms in total. The fourth-order valence-corrected chi connectivity index (χ4v) is 6.25. The number of aliphatic imine (C=N–C) groups is 1. The largest absolute Gasteiger partial charge is 0.351 e. The van der Waals surface area contributed by atoms with Gasteiger partial charge in [-0.3, -0.25) is 9.79 Å². The van der Waals surface area contributed by atoms with Crippen LogP contribution in [0.5, 0.6) is 0 Å². The molecule has 4 rings (SSSR count). The summed E-state index contributed by atoms with van der Waals surface area (Å²) in [6.45, 7) is 6.07. The summed E-state index contributed by atoms with van der Waals surface area (Å²) in [5.74, 6) is 0.183. The summed E-state index contributed by atoms with van der Waals surface area (Å²) in [6.07, 6.45) is 0. The van der Waals surface area contributed by atoms with Gasteiger partial charge in [-0.05, 0) is 49.4 Å². The van der Waals surface area contributed by atoms with Crippen LogP contribution < -0.4 is 4.31 Å². The van der Waals surface area contributed by atoms with Gasteiger partial charge in [0.2, 0.25) is 5.91 Å². The number of fused-ring (bicyclic) bond motifs is 1. The Hall–Kier alpha value is -1.90. The third-order valence-electron chi connectivity index (χ3n) is 4.93. The van der Waals surface area contributed by atoms with Crippen molar-refractivity contribution in [2.75, 3.05) is 31.0 Å². The number of anilines is 1. The maximum atomic E-state index is 12.7. The van der Waals surface area contributed by atoms with E-state index in [2.05, 4.69) is 63.1 Å². The summed E-state index contributed by atoms with van der Waals surface area (Å²) >= 11 is 5.03. The molecule has 0 saturated carbocycles. The first kappa shape index (κ1) is 20.4. The number of carbonyl (C=O) groups is 1. The molecule has 1 amide bonds. The van der Waals surface area contributed by atoms with Gasteiger partial charge in [-0.1, -0.05) is 30.0 Å². The first-order chi connectivity index (χ1) is 14.1. The standard InChI is InChI=1S/C21H24N4OS3/c1-4-25(5-2)21(26)17-13-22-20(28-17)15-12-14-8-6-9-16(19(14)23-15)24(3)29-18-10-7-11-27-18/h6-12,17,23H,4-5,13H2,1-3H3. The molecule has 0 bridgehead atoms. The van der Waals surface area contributed by atoms with E-state index in [1.54, 1.807) is 35.0 Å². The predicted octanol–water partition coefficient (Wildman–Crippen LogP) is 5.10. The molecule has 0 fully saturated rings. The number of hydrogen-bond acceptors (Lipinski definition) is 6. The molecule has 1 N–H and O–H groups in total. The molecule has 2 aromatic heterocycles. The van der Waals surface area contributed by atoms with Crippen molar-refractivity contribution in [2.24, 2.45) is 4.99 Å². The van der Waals surface area contributed by atoms with Crippen LogP contribution in [0.25, 0.3) is 10.9 Å². The fourth-order valence-electron chi connectivity index (χ4n) is 3.41. The van der Waals surface area contributed by atoms with Crippen LogP contribution in [0.15, 0.2) is 51.0 Å². The zero-order valence-corrected chi connectivity index (χ0v) is 19.2. The zero-order chi connectivity index (χ0) is 20.4. The van der Waals surface area contributed by atoms with E-state index in [1.165, 1.54) is 4.21 Å². The molecule has 0 spiro atoms. The Morgan fingerprint density at radius 3 is 2.83 bits per heavy atom. The van der Waals surface area contributed by atoms with E-state index in [-0.39, 0.29) is 11.2 Å². The molecule has 1 aliphatic rings. The number of H-pyrrole nitrogens is 1. The number of carbonyl (C=O) groups excluding carboxylic acids is 1. The van der Waals surface area contributed by atoms with Crippen molar-refractivity contribution in [2.45, 2.75) is 23.3 Å².